The van der Waals surface area contributed by atoms with Gasteiger partial charge in [0.15, 0.2) is 0 Å². The Morgan fingerprint density at radius 2 is 2.05 bits per heavy atom. The van der Waals surface area contributed by atoms with E-state index < -0.39 is 0 Å². The van der Waals surface area contributed by atoms with E-state index >= 15 is 0 Å². The standard InChI is InChI=1S/C16H24N2O3S/c1-21-13(14-7-4-10-22-14)11-17-15(19)8-9-16(20)18-12-5-2-3-6-12/h4,7,10,12-13H,2-3,5-6,8-9,11H2,1H3,(H,17,19)(H,18,20)/t13-/m0/s1. The number of carbonyl (C=O) groups excluding carboxylic acids is 2. The third-order valence-electron chi connectivity index (χ3n) is 3.93. The number of ether oxygens (including phenoxy) is 1. The van der Waals surface area contributed by atoms with Crippen molar-refractivity contribution in [1.82, 2.24) is 10.6 Å². The molecule has 1 aliphatic rings. The Labute approximate surface area is 135 Å². The lowest BCUT2D eigenvalue weighted by Gasteiger charge is -2.15. The number of amides is 2. The molecule has 1 aromatic rings. The fraction of sp³-hybridized carbons (Fsp3) is 0.625. The van der Waals surface area contributed by atoms with Crippen LogP contribution in [0.3, 0.4) is 0 Å². The largest absolute Gasteiger partial charge is 0.374 e. The molecule has 5 nitrogen and oxygen atoms in total. The van der Waals surface area contributed by atoms with Crippen molar-refractivity contribution in [3.8, 4) is 0 Å². The molecule has 0 bridgehead atoms. The Morgan fingerprint density at radius 3 is 2.68 bits per heavy atom. The lowest BCUT2D eigenvalue weighted by Crippen LogP contribution is -2.34. The average Bonchev–Trinajstić information content (AvgIpc) is 3.19. The fourth-order valence-corrected chi connectivity index (χ4v) is 3.47. The molecule has 0 aromatic carbocycles. The van der Waals surface area contributed by atoms with Gasteiger partial charge < -0.3 is 15.4 Å². The molecule has 1 heterocycles. The summed E-state index contributed by atoms with van der Waals surface area (Å²) < 4.78 is 5.38. The van der Waals surface area contributed by atoms with Crippen LogP contribution in [0.15, 0.2) is 17.5 Å². The van der Waals surface area contributed by atoms with Crippen molar-refractivity contribution in [2.75, 3.05) is 13.7 Å². The molecule has 1 aliphatic carbocycles. The number of methoxy groups -OCH3 is 1. The van der Waals surface area contributed by atoms with Crippen molar-refractivity contribution in [2.24, 2.45) is 0 Å². The number of nitrogens with one attached hydrogen (secondary N) is 2. The summed E-state index contributed by atoms with van der Waals surface area (Å²) in [5.74, 6) is -0.135. The highest BCUT2D eigenvalue weighted by Crippen LogP contribution is 2.21. The van der Waals surface area contributed by atoms with Crippen LogP contribution in [0.25, 0.3) is 0 Å². The number of hydrogen-bond donors (Lipinski definition) is 2. The summed E-state index contributed by atoms with van der Waals surface area (Å²) in [7, 11) is 1.63. The van der Waals surface area contributed by atoms with Gasteiger partial charge in [0.1, 0.15) is 6.10 Å². The number of thiophene rings is 1. The molecular formula is C16H24N2O3S. The zero-order valence-electron chi connectivity index (χ0n) is 13.0. The maximum Gasteiger partial charge on any atom is 0.220 e. The summed E-state index contributed by atoms with van der Waals surface area (Å²) in [6.07, 6.45) is 4.84. The molecule has 1 saturated carbocycles. The predicted molar refractivity (Wildman–Crippen MR) is 86.7 cm³/mol. The van der Waals surface area contributed by atoms with E-state index in [1.807, 2.05) is 17.5 Å². The van der Waals surface area contributed by atoms with E-state index in [2.05, 4.69) is 10.6 Å². The molecule has 1 atom stereocenters. The topological polar surface area (TPSA) is 67.4 Å². The molecule has 6 heteroatoms. The van der Waals surface area contributed by atoms with Crippen LogP contribution in [-0.2, 0) is 14.3 Å². The maximum atomic E-state index is 11.8. The molecule has 1 aromatic heterocycles. The third-order valence-corrected chi connectivity index (χ3v) is 4.89. The minimum absolute atomic E-state index is 0.0244. The van der Waals surface area contributed by atoms with Crippen LogP contribution in [0.1, 0.15) is 49.5 Å². The van der Waals surface area contributed by atoms with Crippen molar-refractivity contribution in [3.63, 3.8) is 0 Å². The second kappa shape index (κ2) is 8.90. The second-order valence-corrected chi connectivity index (χ2v) is 6.57. The summed E-state index contributed by atoms with van der Waals surface area (Å²) in [4.78, 5) is 24.7. The van der Waals surface area contributed by atoms with Gasteiger partial charge in [-0.15, -0.1) is 11.3 Å². The minimum Gasteiger partial charge on any atom is -0.374 e. The van der Waals surface area contributed by atoms with Gasteiger partial charge >= 0.3 is 0 Å². The molecule has 0 aliphatic heterocycles. The maximum absolute atomic E-state index is 11.8. The van der Waals surface area contributed by atoms with Gasteiger partial charge in [-0.25, -0.2) is 0 Å². The molecule has 0 saturated heterocycles. The Morgan fingerprint density at radius 1 is 1.32 bits per heavy atom. The van der Waals surface area contributed by atoms with E-state index in [1.54, 1.807) is 18.4 Å². The van der Waals surface area contributed by atoms with Gasteiger partial charge in [0, 0.05) is 37.4 Å². The first kappa shape index (κ1) is 17.0. The molecule has 122 valence electrons. The van der Waals surface area contributed by atoms with Gasteiger partial charge in [-0.05, 0) is 24.3 Å². The summed E-state index contributed by atoms with van der Waals surface area (Å²) in [6, 6.07) is 4.26. The monoisotopic (exact) mass is 324 g/mol. The van der Waals surface area contributed by atoms with Crippen LogP contribution in [0.5, 0.6) is 0 Å². The lowest BCUT2D eigenvalue weighted by atomic mass is 10.2. The normalized spacial score (nSPS) is 16.4. The summed E-state index contributed by atoms with van der Waals surface area (Å²) in [5, 5.41) is 7.81. The van der Waals surface area contributed by atoms with E-state index in [0.717, 1.165) is 17.7 Å². The highest BCUT2D eigenvalue weighted by Gasteiger charge is 2.18. The van der Waals surface area contributed by atoms with E-state index in [-0.39, 0.29) is 30.8 Å². The summed E-state index contributed by atoms with van der Waals surface area (Å²) in [5.41, 5.74) is 0. The van der Waals surface area contributed by atoms with Crippen LogP contribution in [0.4, 0.5) is 0 Å². The van der Waals surface area contributed by atoms with Gasteiger partial charge in [0.25, 0.3) is 0 Å². The first-order chi connectivity index (χ1) is 10.7. The molecule has 0 unspecified atom stereocenters. The zero-order valence-corrected chi connectivity index (χ0v) is 13.8. The van der Waals surface area contributed by atoms with Gasteiger partial charge in [0.2, 0.25) is 11.8 Å². The molecular weight excluding hydrogens is 300 g/mol. The van der Waals surface area contributed by atoms with Crippen molar-refractivity contribution < 1.29 is 14.3 Å². The second-order valence-electron chi connectivity index (χ2n) is 5.59. The number of hydrogen-bond acceptors (Lipinski definition) is 4. The first-order valence-corrected chi connectivity index (χ1v) is 8.69. The van der Waals surface area contributed by atoms with Crippen LogP contribution in [0.2, 0.25) is 0 Å². The summed E-state index contributed by atoms with van der Waals surface area (Å²) >= 11 is 1.60. The van der Waals surface area contributed by atoms with Crippen LogP contribution >= 0.6 is 11.3 Å². The Hall–Kier alpha value is -1.40. The Balaban J connectivity index is 1.63. The van der Waals surface area contributed by atoms with Crippen LogP contribution < -0.4 is 10.6 Å². The van der Waals surface area contributed by atoms with Crippen LogP contribution in [-0.4, -0.2) is 31.5 Å². The third kappa shape index (κ3) is 5.42. The lowest BCUT2D eigenvalue weighted by molar-refractivity contribution is -0.127. The first-order valence-electron chi connectivity index (χ1n) is 7.81. The van der Waals surface area contributed by atoms with Crippen molar-refractivity contribution in [3.05, 3.63) is 22.4 Å². The average molecular weight is 324 g/mol. The van der Waals surface area contributed by atoms with E-state index in [9.17, 15) is 9.59 Å². The molecule has 0 radical (unpaired) electrons. The predicted octanol–water partition coefficient (Wildman–Crippen LogP) is 2.39. The van der Waals surface area contributed by atoms with Crippen molar-refractivity contribution in [1.29, 1.82) is 0 Å². The molecule has 0 spiro atoms. The van der Waals surface area contributed by atoms with Gasteiger partial charge in [-0.1, -0.05) is 18.9 Å². The highest BCUT2D eigenvalue weighted by molar-refractivity contribution is 7.10. The molecule has 1 fully saturated rings. The SMILES string of the molecule is CO[C@@H](CNC(=O)CCC(=O)NC1CCCC1)c1cccs1. The smallest absolute Gasteiger partial charge is 0.220 e. The highest BCUT2D eigenvalue weighted by atomic mass is 32.1. The quantitative estimate of drug-likeness (QED) is 0.771. The van der Waals surface area contributed by atoms with E-state index in [0.29, 0.717) is 12.6 Å². The van der Waals surface area contributed by atoms with Gasteiger partial charge in [-0.3, -0.25) is 9.59 Å². The van der Waals surface area contributed by atoms with Crippen molar-refractivity contribution >= 4 is 23.2 Å². The van der Waals surface area contributed by atoms with Crippen molar-refractivity contribution in [2.45, 2.75) is 50.7 Å². The number of rotatable bonds is 8. The molecule has 2 N–H and O–H groups in total. The Bertz CT molecular complexity index is 470. The fourth-order valence-electron chi connectivity index (χ4n) is 2.67. The minimum atomic E-state index is -0.128. The molecule has 22 heavy (non-hydrogen) atoms. The van der Waals surface area contributed by atoms with E-state index in [1.165, 1.54) is 12.8 Å². The van der Waals surface area contributed by atoms with Crippen LogP contribution in [0, 0.1) is 0 Å². The molecule has 2 rings (SSSR count). The molecule has 2 amide bonds. The summed E-state index contributed by atoms with van der Waals surface area (Å²) in [6.45, 7) is 0.431. The zero-order chi connectivity index (χ0) is 15.8. The van der Waals surface area contributed by atoms with Gasteiger partial charge in [-0.2, -0.15) is 0 Å². The number of carbonyl (C=O) groups is 2. The Kier molecular flexibility index (Phi) is 6.86. The van der Waals surface area contributed by atoms with Gasteiger partial charge in [0.05, 0.1) is 0 Å². The van der Waals surface area contributed by atoms with E-state index in [4.69, 9.17) is 4.74 Å².